The highest BCUT2D eigenvalue weighted by molar-refractivity contribution is 6.28. The van der Waals surface area contributed by atoms with E-state index in [0.29, 0.717) is 17.9 Å². The molecule has 1 aromatic heterocycles. The van der Waals surface area contributed by atoms with Gasteiger partial charge in [-0.15, -0.1) is 0 Å². The molecule has 0 spiro atoms. The van der Waals surface area contributed by atoms with Crippen molar-refractivity contribution >= 4 is 17.5 Å². The van der Waals surface area contributed by atoms with Crippen molar-refractivity contribution in [3.05, 3.63) is 29.5 Å². The fraction of sp³-hybridized carbons (Fsp3) is 0.357. The third-order valence-corrected chi connectivity index (χ3v) is 3.10. The van der Waals surface area contributed by atoms with Gasteiger partial charge in [0.15, 0.2) is 5.82 Å². The lowest BCUT2D eigenvalue weighted by atomic mass is 10.2. The van der Waals surface area contributed by atoms with Gasteiger partial charge >= 0.3 is 0 Å². The van der Waals surface area contributed by atoms with Gasteiger partial charge in [0.05, 0.1) is 6.10 Å². The van der Waals surface area contributed by atoms with Crippen LogP contribution in [0.4, 0.5) is 5.95 Å². The first-order valence-corrected chi connectivity index (χ1v) is 6.85. The topological polar surface area (TPSA) is 51.1 Å². The summed E-state index contributed by atoms with van der Waals surface area (Å²) in [6.45, 7) is 0. The molecule has 0 N–H and O–H groups in total. The number of rotatable bonds is 4. The fourth-order valence-corrected chi connectivity index (χ4v) is 1.89. The van der Waals surface area contributed by atoms with Crippen LogP contribution in [0, 0.1) is 0 Å². The van der Waals surface area contributed by atoms with Gasteiger partial charge in [-0.3, -0.25) is 0 Å². The molecule has 1 heterocycles. The van der Waals surface area contributed by atoms with Gasteiger partial charge in [0.25, 0.3) is 0 Å². The molecular formula is C14H15ClN4O. The van der Waals surface area contributed by atoms with Crippen LogP contribution in [0.1, 0.15) is 12.8 Å². The predicted molar refractivity (Wildman–Crippen MR) is 78.3 cm³/mol. The third-order valence-electron chi connectivity index (χ3n) is 2.94. The van der Waals surface area contributed by atoms with Gasteiger partial charge in [-0.1, -0.05) is 0 Å². The van der Waals surface area contributed by atoms with Crippen molar-refractivity contribution in [1.29, 1.82) is 0 Å². The van der Waals surface area contributed by atoms with Crippen LogP contribution in [0.25, 0.3) is 11.4 Å². The average Bonchev–Trinajstić information content (AvgIpc) is 3.23. The molecule has 1 fully saturated rings. The number of ether oxygens (including phenoxy) is 1. The number of hydrogen-bond acceptors (Lipinski definition) is 5. The standard InChI is InChI=1S/C14H15ClN4O/c1-19(2)14-17-12(16-13(15)18-14)9-3-5-10(6-4-9)20-11-7-8-11/h3-6,11H,7-8H2,1-2H3. The summed E-state index contributed by atoms with van der Waals surface area (Å²) in [4.78, 5) is 14.4. The Morgan fingerprint density at radius 1 is 1.10 bits per heavy atom. The van der Waals surface area contributed by atoms with Crippen molar-refractivity contribution in [2.24, 2.45) is 0 Å². The minimum absolute atomic E-state index is 0.192. The minimum Gasteiger partial charge on any atom is -0.490 e. The summed E-state index contributed by atoms with van der Waals surface area (Å²) < 4.78 is 5.71. The Morgan fingerprint density at radius 3 is 2.40 bits per heavy atom. The van der Waals surface area contributed by atoms with Crippen molar-refractivity contribution in [1.82, 2.24) is 15.0 Å². The van der Waals surface area contributed by atoms with Gasteiger partial charge in [0, 0.05) is 19.7 Å². The maximum Gasteiger partial charge on any atom is 0.229 e. The summed E-state index contributed by atoms with van der Waals surface area (Å²) in [6, 6.07) is 7.73. The molecule has 3 rings (SSSR count). The summed E-state index contributed by atoms with van der Waals surface area (Å²) in [6.07, 6.45) is 2.70. The number of benzene rings is 1. The van der Waals surface area contributed by atoms with Gasteiger partial charge < -0.3 is 9.64 Å². The van der Waals surface area contributed by atoms with E-state index in [1.165, 1.54) is 0 Å². The van der Waals surface area contributed by atoms with E-state index in [0.717, 1.165) is 24.2 Å². The lowest BCUT2D eigenvalue weighted by Crippen LogP contribution is -2.13. The second kappa shape index (κ2) is 5.25. The molecule has 1 aromatic carbocycles. The molecule has 6 heteroatoms. The van der Waals surface area contributed by atoms with E-state index in [2.05, 4.69) is 15.0 Å². The summed E-state index contributed by atoms with van der Waals surface area (Å²) >= 11 is 5.94. The molecular weight excluding hydrogens is 276 g/mol. The van der Waals surface area contributed by atoms with E-state index in [9.17, 15) is 0 Å². The summed E-state index contributed by atoms with van der Waals surface area (Å²) in [5, 5.41) is 0.192. The van der Waals surface area contributed by atoms with E-state index in [1.807, 2.05) is 38.4 Å². The molecule has 0 bridgehead atoms. The van der Waals surface area contributed by atoms with Crippen LogP contribution < -0.4 is 9.64 Å². The molecule has 1 aliphatic rings. The van der Waals surface area contributed by atoms with Crippen molar-refractivity contribution in [2.75, 3.05) is 19.0 Å². The van der Waals surface area contributed by atoms with E-state index >= 15 is 0 Å². The van der Waals surface area contributed by atoms with Crippen molar-refractivity contribution in [3.63, 3.8) is 0 Å². The summed E-state index contributed by atoms with van der Waals surface area (Å²) in [7, 11) is 3.73. The van der Waals surface area contributed by atoms with Crippen LogP contribution in [0.15, 0.2) is 24.3 Å². The molecule has 0 radical (unpaired) electrons. The number of halogens is 1. The zero-order valence-corrected chi connectivity index (χ0v) is 12.1. The van der Waals surface area contributed by atoms with Crippen molar-refractivity contribution in [2.45, 2.75) is 18.9 Å². The van der Waals surface area contributed by atoms with E-state index in [4.69, 9.17) is 16.3 Å². The zero-order valence-electron chi connectivity index (χ0n) is 11.4. The first-order chi connectivity index (χ1) is 9.61. The number of nitrogens with zero attached hydrogens (tertiary/aromatic N) is 4. The monoisotopic (exact) mass is 290 g/mol. The van der Waals surface area contributed by atoms with E-state index in [-0.39, 0.29) is 5.28 Å². The van der Waals surface area contributed by atoms with Crippen LogP contribution in [-0.4, -0.2) is 35.2 Å². The van der Waals surface area contributed by atoms with Crippen LogP contribution >= 0.6 is 11.6 Å². The molecule has 20 heavy (non-hydrogen) atoms. The Bertz CT molecular complexity index is 611. The Balaban J connectivity index is 1.87. The highest BCUT2D eigenvalue weighted by Gasteiger charge is 2.23. The molecule has 2 aromatic rings. The molecule has 0 unspecified atom stereocenters. The fourth-order valence-electron chi connectivity index (χ4n) is 1.73. The first-order valence-electron chi connectivity index (χ1n) is 6.48. The molecule has 5 nitrogen and oxygen atoms in total. The van der Waals surface area contributed by atoms with Crippen molar-refractivity contribution in [3.8, 4) is 17.1 Å². The van der Waals surface area contributed by atoms with Gasteiger partial charge in [0.2, 0.25) is 11.2 Å². The van der Waals surface area contributed by atoms with Gasteiger partial charge in [-0.05, 0) is 48.7 Å². The Labute approximate surface area is 122 Å². The highest BCUT2D eigenvalue weighted by atomic mass is 35.5. The zero-order chi connectivity index (χ0) is 14.1. The molecule has 0 aliphatic heterocycles. The molecule has 0 atom stereocenters. The van der Waals surface area contributed by atoms with Crippen LogP contribution in [-0.2, 0) is 0 Å². The van der Waals surface area contributed by atoms with Crippen LogP contribution in [0.3, 0.4) is 0 Å². The minimum atomic E-state index is 0.192. The lowest BCUT2D eigenvalue weighted by molar-refractivity contribution is 0.303. The van der Waals surface area contributed by atoms with E-state index in [1.54, 1.807) is 4.90 Å². The molecule has 0 saturated heterocycles. The second-order valence-corrected chi connectivity index (χ2v) is 5.30. The number of aromatic nitrogens is 3. The molecule has 1 aliphatic carbocycles. The lowest BCUT2D eigenvalue weighted by Gasteiger charge is -2.11. The quantitative estimate of drug-likeness (QED) is 0.866. The number of hydrogen-bond donors (Lipinski definition) is 0. The van der Waals surface area contributed by atoms with Gasteiger partial charge in [0.1, 0.15) is 5.75 Å². The van der Waals surface area contributed by atoms with Gasteiger partial charge in [-0.2, -0.15) is 15.0 Å². The predicted octanol–water partition coefficient (Wildman–Crippen LogP) is 2.80. The SMILES string of the molecule is CN(C)c1nc(Cl)nc(-c2ccc(OC3CC3)cc2)n1. The summed E-state index contributed by atoms with van der Waals surface area (Å²) in [5.74, 6) is 1.98. The van der Waals surface area contributed by atoms with Gasteiger partial charge in [-0.25, -0.2) is 0 Å². The Hall–Kier alpha value is -1.88. The largest absolute Gasteiger partial charge is 0.490 e. The molecule has 0 amide bonds. The van der Waals surface area contributed by atoms with Crippen LogP contribution in [0.5, 0.6) is 5.75 Å². The smallest absolute Gasteiger partial charge is 0.229 e. The second-order valence-electron chi connectivity index (χ2n) is 4.96. The van der Waals surface area contributed by atoms with Crippen LogP contribution in [0.2, 0.25) is 5.28 Å². The summed E-state index contributed by atoms with van der Waals surface area (Å²) in [5.41, 5.74) is 0.889. The maximum absolute atomic E-state index is 5.94. The maximum atomic E-state index is 5.94. The first kappa shape index (κ1) is 13.1. The average molecular weight is 291 g/mol. The Morgan fingerprint density at radius 2 is 1.80 bits per heavy atom. The number of anilines is 1. The third kappa shape index (κ3) is 2.99. The molecule has 104 valence electrons. The van der Waals surface area contributed by atoms with Crippen molar-refractivity contribution < 1.29 is 4.74 Å². The van der Waals surface area contributed by atoms with E-state index < -0.39 is 0 Å². The Kier molecular flexibility index (Phi) is 3.44. The normalized spacial score (nSPS) is 14.2. The molecule has 1 saturated carbocycles. The highest BCUT2D eigenvalue weighted by Crippen LogP contribution is 2.28.